The average Bonchev–Trinajstić information content (AvgIpc) is 2.27. The monoisotopic (exact) mass is 286 g/mol. The fourth-order valence-corrected chi connectivity index (χ4v) is 2.27. The average molecular weight is 286 g/mol. The van der Waals surface area contributed by atoms with E-state index in [1.807, 2.05) is 27.7 Å². The number of rotatable bonds is 7. The van der Waals surface area contributed by atoms with Gasteiger partial charge in [0.2, 0.25) is 0 Å². The van der Waals surface area contributed by atoms with Gasteiger partial charge >= 0.3 is 12.0 Å². The molecule has 0 aliphatic heterocycles. The Morgan fingerprint density at radius 2 is 1.60 bits per heavy atom. The molecule has 0 radical (unpaired) electrons. The molecule has 0 rings (SSSR count). The van der Waals surface area contributed by atoms with Crippen LogP contribution in [0.4, 0.5) is 4.79 Å². The minimum atomic E-state index is -0.904. The summed E-state index contributed by atoms with van der Waals surface area (Å²) in [5.41, 5.74) is -0.298. The molecule has 0 aromatic heterocycles. The van der Waals surface area contributed by atoms with Crippen molar-refractivity contribution in [2.75, 3.05) is 0 Å². The highest BCUT2D eigenvalue weighted by Gasteiger charge is 2.29. The summed E-state index contributed by atoms with van der Waals surface area (Å²) in [4.78, 5) is 22.9. The number of hydrogen-bond acceptors (Lipinski definition) is 2. The molecular formula is C15H30N2O3. The molecule has 2 unspecified atom stereocenters. The van der Waals surface area contributed by atoms with Gasteiger partial charge in [-0.25, -0.2) is 4.79 Å². The molecule has 0 spiro atoms. The smallest absolute Gasteiger partial charge is 0.315 e. The molecule has 5 heteroatoms. The molecule has 20 heavy (non-hydrogen) atoms. The number of aliphatic carboxylic acids is 1. The number of amides is 2. The highest BCUT2D eigenvalue weighted by molar-refractivity contribution is 5.76. The molecule has 0 aromatic carbocycles. The second-order valence-electron chi connectivity index (χ2n) is 6.50. The van der Waals surface area contributed by atoms with Crippen LogP contribution < -0.4 is 10.6 Å². The van der Waals surface area contributed by atoms with E-state index in [-0.39, 0.29) is 23.9 Å². The van der Waals surface area contributed by atoms with Crippen LogP contribution in [0.25, 0.3) is 0 Å². The van der Waals surface area contributed by atoms with E-state index in [0.29, 0.717) is 5.92 Å². The molecule has 0 aliphatic rings. The lowest BCUT2D eigenvalue weighted by atomic mass is 9.85. The van der Waals surface area contributed by atoms with Crippen LogP contribution in [0.3, 0.4) is 0 Å². The number of nitrogens with one attached hydrogen (secondary N) is 2. The Kier molecular flexibility index (Phi) is 7.61. The third-order valence-electron chi connectivity index (χ3n) is 3.84. The first-order valence-corrected chi connectivity index (χ1v) is 7.40. The minimum absolute atomic E-state index is 0.0731. The molecule has 0 aliphatic carbocycles. The van der Waals surface area contributed by atoms with Crippen molar-refractivity contribution in [1.82, 2.24) is 10.6 Å². The highest BCUT2D eigenvalue weighted by Crippen LogP contribution is 2.22. The van der Waals surface area contributed by atoms with Crippen molar-refractivity contribution >= 4 is 12.0 Å². The predicted molar refractivity (Wildman–Crippen MR) is 80.7 cm³/mol. The van der Waals surface area contributed by atoms with E-state index in [0.717, 1.165) is 12.8 Å². The summed E-state index contributed by atoms with van der Waals surface area (Å²) in [6.07, 6.45) is 1.95. The first-order chi connectivity index (χ1) is 9.11. The molecule has 5 nitrogen and oxygen atoms in total. The molecule has 118 valence electrons. The first-order valence-electron chi connectivity index (χ1n) is 7.40. The lowest BCUT2D eigenvalue weighted by Gasteiger charge is -2.31. The van der Waals surface area contributed by atoms with Gasteiger partial charge in [-0.3, -0.25) is 4.79 Å². The Bertz CT molecular complexity index is 320. The van der Waals surface area contributed by atoms with E-state index in [1.54, 1.807) is 0 Å². The Morgan fingerprint density at radius 3 is 1.95 bits per heavy atom. The summed E-state index contributed by atoms with van der Waals surface area (Å²) >= 11 is 0. The normalized spacial score (nSPS) is 14.8. The maximum atomic E-state index is 12.0. The van der Waals surface area contributed by atoms with Crippen molar-refractivity contribution in [2.45, 2.75) is 72.9 Å². The molecule has 0 saturated carbocycles. The van der Waals surface area contributed by atoms with E-state index in [2.05, 4.69) is 24.5 Å². The van der Waals surface area contributed by atoms with Crippen molar-refractivity contribution in [1.29, 1.82) is 0 Å². The number of hydrogen-bond donors (Lipinski definition) is 3. The summed E-state index contributed by atoms with van der Waals surface area (Å²) in [6, 6.07) is -0.602. The maximum absolute atomic E-state index is 12.0. The Balaban J connectivity index is 4.57. The zero-order chi connectivity index (χ0) is 15.9. The highest BCUT2D eigenvalue weighted by atomic mass is 16.4. The minimum Gasteiger partial charge on any atom is -0.481 e. The third kappa shape index (κ3) is 6.78. The Morgan fingerprint density at radius 1 is 1.10 bits per heavy atom. The number of carbonyl (C=O) groups is 2. The van der Waals surface area contributed by atoms with Gasteiger partial charge in [-0.2, -0.15) is 0 Å². The van der Waals surface area contributed by atoms with Gasteiger partial charge < -0.3 is 15.7 Å². The van der Waals surface area contributed by atoms with Gasteiger partial charge in [0.1, 0.15) is 0 Å². The van der Waals surface area contributed by atoms with Gasteiger partial charge in [-0.15, -0.1) is 0 Å². The van der Waals surface area contributed by atoms with Crippen molar-refractivity contribution in [3.8, 4) is 0 Å². The Hall–Kier alpha value is -1.26. The van der Waals surface area contributed by atoms with E-state index >= 15 is 0 Å². The van der Waals surface area contributed by atoms with E-state index in [9.17, 15) is 9.59 Å². The molecule has 0 aromatic rings. The van der Waals surface area contributed by atoms with Crippen LogP contribution in [0.2, 0.25) is 0 Å². The lowest BCUT2D eigenvalue weighted by molar-refractivity contribution is -0.138. The van der Waals surface area contributed by atoms with Crippen molar-refractivity contribution in [3.05, 3.63) is 0 Å². The van der Waals surface area contributed by atoms with Crippen molar-refractivity contribution in [3.63, 3.8) is 0 Å². The molecular weight excluding hydrogens is 256 g/mol. The summed E-state index contributed by atoms with van der Waals surface area (Å²) < 4.78 is 0. The summed E-state index contributed by atoms with van der Waals surface area (Å²) in [5, 5.41) is 14.6. The molecule has 0 saturated heterocycles. The zero-order valence-corrected chi connectivity index (χ0v) is 13.6. The summed E-state index contributed by atoms with van der Waals surface area (Å²) in [6.45, 7) is 12.0. The lowest BCUT2D eigenvalue weighted by Crippen LogP contribution is -2.51. The first kappa shape index (κ1) is 18.7. The van der Waals surface area contributed by atoms with Crippen LogP contribution in [0.1, 0.15) is 60.8 Å². The molecule has 2 amide bonds. The molecule has 0 fully saturated rings. The maximum Gasteiger partial charge on any atom is 0.315 e. The van der Waals surface area contributed by atoms with Gasteiger partial charge in [0.05, 0.1) is 6.42 Å². The van der Waals surface area contributed by atoms with E-state index < -0.39 is 12.0 Å². The topological polar surface area (TPSA) is 78.4 Å². The van der Waals surface area contributed by atoms with Gasteiger partial charge in [0.15, 0.2) is 0 Å². The number of carbonyl (C=O) groups excluding carboxylic acids is 1. The predicted octanol–water partition coefficient (Wildman–Crippen LogP) is 3.00. The van der Waals surface area contributed by atoms with E-state index in [4.69, 9.17) is 5.11 Å². The third-order valence-corrected chi connectivity index (χ3v) is 3.84. The van der Waals surface area contributed by atoms with Crippen molar-refractivity contribution < 1.29 is 14.7 Å². The Labute approximate surface area is 122 Å². The fourth-order valence-electron chi connectivity index (χ4n) is 2.27. The van der Waals surface area contributed by atoms with Gasteiger partial charge in [-0.1, -0.05) is 47.5 Å². The van der Waals surface area contributed by atoms with Gasteiger partial charge in [0, 0.05) is 12.1 Å². The van der Waals surface area contributed by atoms with Crippen LogP contribution >= 0.6 is 0 Å². The quantitative estimate of drug-likeness (QED) is 0.673. The number of carboxylic acid groups (broad SMARTS) is 1. The summed E-state index contributed by atoms with van der Waals surface area (Å²) in [5.74, 6) is -0.466. The van der Waals surface area contributed by atoms with Crippen LogP contribution in [0, 0.1) is 11.3 Å². The molecule has 0 heterocycles. The molecule has 3 N–H and O–H groups in total. The number of carboxylic acids is 1. The van der Waals surface area contributed by atoms with Gasteiger partial charge in [-0.05, 0) is 18.3 Å². The van der Waals surface area contributed by atoms with Crippen LogP contribution in [0.15, 0.2) is 0 Å². The van der Waals surface area contributed by atoms with E-state index in [1.165, 1.54) is 0 Å². The fraction of sp³-hybridized carbons (Fsp3) is 0.867. The van der Waals surface area contributed by atoms with Crippen LogP contribution in [-0.2, 0) is 4.79 Å². The molecule has 2 atom stereocenters. The van der Waals surface area contributed by atoms with Gasteiger partial charge in [0.25, 0.3) is 0 Å². The standard InChI is InChI=1S/C15H30N2O3/c1-7-11(8-2)10(3)16-14(20)17-12(9-13(18)19)15(4,5)6/h10-12H,7-9H2,1-6H3,(H,18,19)(H2,16,17,20). The van der Waals surface area contributed by atoms with Crippen LogP contribution in [0.5, 0.6) is 0 Å². The SMILES string of the molecule is CCC(CC)C(C)NC(=O)NC(CC(=O)O)C(C)(C)C. The second-order valence-corrected chi connectivity index (χ2v) is 6.50. The molecule has 0 bridgehead atoms. The largest absolute Gasteiger partial charge is 0.481 e. The number of urea groups is 1. The zero-order valence-electron chi connectivity index (χ0n) is 13.6. The second kappa shape index (κ2) is 8.12. The van der Waals surface area contributed by atoms with Crippen molar-refractivity contribution in [2.24, 2.45) is 11.3 Å². The van der Waals surface area contributed by atoms with Crippen LogP contribution in [-0.4, -0.2) is 29.2 Å². The summed E-state index contributed by atoms with van der Waals surface area (Å²) in [7, 11) is 0.